The van der Waals surface area contributed by atoms with Crippen molar-refractivity contribution in [1.29, 1.82) is 0 Å². The van der Waals surface area contributed by atoms with Crippen molar-refractivity contribution in [3.8, 4) is 0 Å². The molecule has 2 fully saturated rings. The molecule has 134 valence electrons. The summed E-state index contributed by atoms with van der Waals surface area (Å²) in [5.41, 5.74) is 0.240. The van der Waals surface area contributed by atoms with E-state index in [0.717, 1.165) is 31.0 Å². The molecule has 1 saturated carbocycles. The second-order valence-corrected chi connectivity index (χ2v) is 7.72. The van der Waals surface area contributed by atoms with Crippen molar-refractivity contribution in [2.45, 2.75) is 58.3 Å². The van der Waals surface area contributed by atoms with Gasteiger partial charge in [-0.15, -0.1) is 0 Å². The molecular formula is C19H31N3O2. The minimum absolute atomic E-state index is 0.149. The molecule has 2 N–H and O–H groups in total. The van der Waals surface area contributed by atoms with E-state index in [1.54, 1.807) is 0 Å². The molecule has 0 aromatic carbocycles. The summed E-state index contributed by atoms with van der Waals surface area (Å²) >= 11 is 0. The third-order valence-electron chi connectivity index (χ3n) is 5.88. The maximum absolute atomic E-state index is 10.8. The van der Waals surface area contributed by atoms with Gasteiger partial charge in [0.25, 0.3) is 0 Å². The summed E-state index contributed by atoms with van der Waals surface area (Å²) in [5, 5.41) is 14.2. The van der Waals surface area contributed by atoms with Gasteiger partial charge in [0.1, 0.15) is 5.82 Å². The van der Waals surface area contributed by atoms with Crippen LogP contribution in [0.5, 0.6) is 0 Å². The Labute approximate surface area is 145 Å². The summed E-state index contributed by atoms with van der Waals surface area (Å²) in [7, 11) is 0. The zero-order valence-corrected chi connectivity index (χ0v) is 15.2. The Balaban J connectivity index is 1.48. The van der Waals surface area contributed by atoms with Crippen molar-refractivity contribution in [2.24, 2.45) is 5.41 Å². The first-order valence-corrected chi connectivity index (χ1v) is 9.21. The lowest BCUT2D eigenvalue weighted by atomic mass is 9.56. The summed E-state index contributed by atoms with van der Waals surface area (Å²) in [6, 6.07) is 4.24. The predicted octanol–water partition coefficient (Wildman–Crippen LogP) is 2.34. The van der Waals surface area contributed by atoms with Crippen molar-refractivity contribution in [2.75, 3.05) is 31.1 Å². The first-order valence-electron chi connectivity index (χ1n) is 9.21. The zero-order valence-electron chi connectivity index (χ0n) is 15.2. The van der Waals surface area contributed by atoms with E-state index >= 15 is 0 Å². The summed E-state index contributed by atoms with van der Waals surface area (Å²) in [6.07, 6.45) is 5.33. The number of aromatic nitrogens is 1. The average Bonchev–Trinajstić information content (AvgIpc) is 3.10. The standard InChI is InChI=1S/C19H31N3O2/c1-4-24-16-11-19(23,18(16,2)3)14-20-12-15-7-8-17(21-13-15)22-9-5-6-10-22/h7-8,13,16,20,23H,4-6,9-12,14H2,1-3H3/t16-,19-/m0/s1. The Bertz CT molecular complexity index is 540. The molecule has 0 bridgehead atoms. The zero-order chi connectivity index (χ0) is 17.2. The van der Waals surface area contributed by atoms with Gasteiger partial charge in [0, 0.05) is 50.8 Å². The van der Waals surface area contributed by atoms with Crippen molar-refractivity contribution in [1.82, 2.24) is 10.3 Å². The minimum atomic E-state index is -0.699. The van der Waals surface area contributed by atoms with Crippen LogP contribution in [0.2, 0.25) is 0 Å². The molecule has 5 nitrogen and oxygen atoms in total. The van der Waals surface area contributed by atoms with Crippen molar-refractivity contribution in [3.05, 3.63) is 23.9 Å². The van der Waals surface area contributed by atoms with E-state index in [1.165, 1.54) is 12.8 Å². The molecule has 1 saturated heterocycles. The Morgan fingerprint density at radius 2 is 2.08 bits per heavy atom. The highest BCUT2D eigenvalue weighted by Gasteiger charge is 2.59. The number of pyridine rings is 1. The molecule has 3 rings (SSSR count). The molecule has 0 spiro atoms. The quantitative estimate of drug-likeness (QED) is 0.802. The van der Waals surface area contributed by atoms with Crippen LogP contribution in [0.1, 0.15) is 45.6 Å². The fourth-order valence-corrected chi connectivity index (χ4v) is 3.83. The van der Waals surface area contributed by atoms with E-state index in [2.05, 4.69) is 41.2 Å². The van der Waals surface area contributed by atoms with Crippen molar-refractivity contribution in [3.63, 3.8) is 0 Å². The smallest absolute Gasteiger partial charge is 0.128 e. The average molecular weight is 333 g/mol. The fourth-order valence-electron chi connectivity index (χ4n) is 3.83. The molecule has 0 unspecified atom stereocenters. The molecule has 0 amide bonds. The second kappa shape index (κ2) is 6.98. The molecule has 5 heteroatoms. The molecule has 1 aliphatic heterocycles. The SMILES string of the molecule is CCO[C@H]1C[C@](O)(CNCc2ccc(N3CCCC3)nc2)C1(C)C. The second-order valence-electron chi connectivity index (χ2n) is 7.72. The van der Waals surface area contributed by atoms with Crippen LogP contribution in [0, 0.1) is 5.41 Å². The number of hydrogen-bond acceptors (Lipinski definition) is 5. The molecular weight excluding hydrogens is 302 g/mol. The highest BCUT2D eigenvalue weighted by atomic mass is 16.5. The molecule has 2 heterocycles. The lowest BCUT2D eigenvalue weighted by molar-refractivity contribution is -0.238. The molecule has 24 heavy (non-hydrogen) atoms. The third kappa shape index (κ3) is 3.30. The largest absolute Gasteiger partial charge is 0.388 e. The monoisotopic (exact) mass is 333 g/mol. The van der Waals surface area contributed by atoms with E-state index in [-0.39, 0.29) is 11.5 Å². The van der Waals surface area contributed by atoms with Crippen LogP contribution >= 0.6 is 0 Å². The minimum Gasteiger partial charge on any atom is -0.388 e. The summed E-state index contributed by atoms with van der Waals surface area (Å²) in [4.78, 5) is 6.92. The van der Waals surface area contributed by atoms with Gasteiger partial charge in [-0.25, -0.2) is 4.98 Å². The van der Waals surface area contributed by atoms with Crippen LogP contribution < -0.4 is 10.2 Å². The van der Waals surface area contributed by atoms with Crippen LogP contribution in [0.25, 0.3) is 0 Å². The van der Waals surface area contributed by atoms with E-state index < -0.39 is 5.60 Å². The normalized spacial score (nSPS) is 28.8. The molecule has 1 aromatic rings. The van der Waals surface area contributed by atoms with E-state index in [9.17, 15) is 5.11 Å². The predicted molar refractivity (Wildman–Crippen MR) is 96.2 cm³/mol. The Kier molecular flexibility index (Phi) is 5.13. The van der Waals surface area contributed by atoms with Gasteiger partial charge in [-0.05, 0) is 31.4 Å². The van der Waals surface area contributed by atoms with E-state index in [4.69, 9.17) is 4.74 Å². The summed E-state index contributed by atoms with van der Waals surface area (Å²) in [6.45, 7) is 10.4. The number of ether oxygens (including phenoxy) is 1. The molecule has 0 radical (unpaired) electrons. The maximum Gasteiger partial charge on any atom is 0.128 e. The summed E-state index contributed by atoms with van der Waals surface area (Å²) in [5.74, 6) is 1.08. The van der Waals surface area contributed by atoms with Crippen LogP contribution in [0.15, 0.2) is 18.3 Å². The first kappa shape index (κ1) is 17.6. The molecule has 1 aromatic heterocycles. The Morgan fingerprint density at radius 1 is 1.33 bits per heavy atom. The van der Waals surface area contributed by atoms with Crippen LogP contribution in [-0.2, 0) is 11.3 Å². The van der Waals surface area contributed by atoms with Gasteiger partial charge < -0.3 is 20.1 Å². The number of anilines is 1. The van der Waals surface area contributed by atoms with Gasteiger partial charge in [-0.2, -0.15) is 0 Å². The van der Waals surface area contributed by atoms with Gasteiger partial charge >= 0.3 is 0 Å². The Hall–Kier alpha value is -1.17. The number of nitrogens with zero attached hydrogens (tertiary/aromatic N) is 2. The van der Waals surface area contributed by atoms with Crippen molar-refractivity contribution < 1.29 is 9.84 Å². The third-order valence-corrected chi connectivity index (χ3v) is 5.88. The van der Waals surface area contributed by atoms with Gasteiger partial charge in [0.05, 0.1) is 11.7 Å². The first-order chi connectivity index (χ1) is 11.5. The molecule has 2 atom stereocenters. The Morgan fingerprint density at radius 3 is 2.67 bits per heavy atom. The lowest BCUT2D eigenvalue weighted by Gasteiger charge is -2.58. The van der Waals surface area contributed by atoms with E-state index in [0.29, 0.717) is 19.6 Å². The maximum atomic E-state index is 10.8. The van der Waals surface area contributed by atoms with Gasteiger partial charge in [-0.1, -0.05) is 19.9 Å². The van der Waals surface area contributed by atoms with Crippen molar-refractivity contribution >= 4 is 5.82 Å². The topological polar surface area (TPSA) is 57.6 Å². The number of hydrogen-bond donors (Lipinski definition) is 2. The van der Waals surface area contributed by atoms with Crippen LogP contribution in [0.4, 0.5) is 5.82 Å². The molecule has 1 aliphatic carbocycles. The summed E-state index contributed by atoms with van der Waals surface area (Å²) < 4.78 is 5.71. The van der Waals surface area contributed by atoms with Gasteiger partial charge in [-0.3, -0.25) is 0 Å². The van der Waals surface area contributed by atoms with Gasteiger partial charge in [0.2, 0.25) is 0 Å². The number of aliphatic hydroxyl groups is 1. The molecule has 2 aliphatic rings. The number of rotatable bonds is 7. The van der Waals surface area contributed by atoms with E-state index in [1.807, 2.05) is 13.1 Å². The fraction of sp³-hybridized carbons (Fsp3) is 0.737. The number of nitrogens with one attached hydrogen (secondary N) is 1. The highest BCUT2D eigenvalue weighted by molar-refractivity contribution is 5.40. The highest BCUT2D eigenvalue weighted by Crippen LogP contribution is 2.50. The van der Waals surface area contributed by atoms with Gasteiger partial charge in [0.15, 0.2) is 0 Å². The van der Waals surface area contributed by atoms with Crippen LogP contribution in [-0.4, -0.2) is 48.0 Å². The van der Waals surface area contributed by atoms with Crippen LogP contribution in [0.3, 0.4) is 0 Å². The lowest BCUT2D eigenvalue weighted by Crippen LogP contribution is -2.68.